The van der Waals surface area contributed by atoms with E-state index >= 15 is 0 Å². The van der Waals surface area contributed by atoms with Gasteiger partial charge in [-0.15, -0.1) is 0 Å². The molecule has 0 saturated carbocycles. The number of hydrogen-bond donors (Lipinski definition) is 1. The first kappa shape index (κ1) is 13.4. The lowest BCUT2D eigenvalue weighted by molar-refractivity contribution is -0.384. The van der Waals surface area contributed by atoms with Gasteiger partial charge in [0.25, 0.3) is 5.69 Å². The topological polar surface area (TPSA) is 55.2 Å². The van der Waals surface area contributed by atoms with Gasteiger partial charge in [0, 0.05) is 21.6 Å². The van der Waals surface area contributed by atoms with Crippen molar-refractivity contribution in [1.82, 2.24) is 0 Å². The average molecular weight is 352 g/mol. The molecule has 0 radical (unpaired) electrons. The Kier molecular flexibility index (Phi) is 4.73. The maximum Gasteiger partial charge on any atom is 0.293 e. The smallest absolute Gasteiger partial charge is 0.293 e. The highest BCUT2D eigenvalue weighted by Gasteiger charge is 2.16. The van der Waals surface area contributed by atoms with Crippen molar-refractivity contribution in [2.75, 3.05) is 11.9 Å². The Hall–Kier alpha value is -0.620. The molecule has 16 heavy (non-hydrogen) atoms. The zero-order valence-corrected chi connectivity index (χ0v) is 12.1. The highest BCUT2D eigenvalue weighted by atomic mass is 79.9. The fourth-order valence-corrected chi connectivity index (χ4v) is 1.82. The van der Waals surface area contributed by atoms with Crippen molar-refractivity contribution in [2.45, 2.75) is 13.8 Å². The van der Waals surface area contributed by atoms with Gasteiger partial charge in [0.2, 0.25) is 0 Å². The molecule has 0 atom stereocenters. The Morgan fingerprint density at radius 3 is 2.44 bits per heavy atom. The molecule has 1 aromatic carbocycles. The summed E-state index contributed by atoms with van der Waals surface area (Å²) >= 11 is 6.58. The van der Waals surface area contributed by atoms with Gasteiger partial charge in [0.15, 0.2) is 0 Å². The molecule has 0 spiro atoms. The molecular weight excluding hydrogens is 340 g/mol. The summed E-state index contributed by atoms with van der Waals surface area (Å²) in [6.45, 7) is 4.80. The lowest BCUT2D eigenvalue weighted by Crippen LogP contribution is -2.09. The van der Waals surface area contributed by atoms with Crippen LogP contribution in [0.25, 0.3) is 0 Å². The van der Waals surface area contributed by atoms with Crippen LogP contribution in [-0.2, 0) is 0 Å². The van der Waals surface area contributed by atoms with E-state index in [0.717, 1.165) is 4.47 Å². The van der Waals surface area contributed by atoms with E-state index in [-0.39, 0.29) is 10.6 Å². The number of benzene rings is 1. The summed E-state index contributed by atoms with van der Waals surface area (Å²) in [7, 11) is 0. The predicted octanol–water partition coefficient (Wildman–Crippen LogP) is 4.19. The molecule has 0 aliphatic rings. The molecule has 4 nitrogen and oxygen atoms in total. The molecule has 1 rings (SSSR count). The van der Waals surface area contributed by atoms with Gasteiger partial charge in [-0.3, -0.25) is 10.1 Å². The van der Waals surface area contributed by atoms with Gasteiger partial charge in [0.05, 0.1) is 4.92 Å². The summed E-state index contributed by atoms with van der Waals surface area (Å²) in [5.41, 5.74) is 0.615. The lowest BCUT2D eigenvalue weighted by Gasteiger charge is -2.10. The average Bonchev–Trinajstić information content (AvgIpc) is 2.18. The zero-order valence-electron chi connectivity index (χ0n) is 8.96. The number of nitrogens with one attached hydrogen (secondary N) is 1. The molecule has 0 saturated heterocycles. The van der Waals surface area contributed by atoms with E-state index in [1.165, 1.54) is 6.07 Å². The second-order valence-corrected chi connectivity index (χ2v) is 5.52. The van der Waals surface area contributed by atoms with Crippen LogP contribution in [0.4, 0.5) is 11.4 Å². The molecular formula is C10H12Br2N2O2. The van der Waals surface area contributed by atoms with Crippen LogP contribution in [0.2, 0.25) is 0 Å². The molecule has 88 valence electrons. The number of halogens is 2. The van der Waals surface area contributed by atoms with Crippen LogP contribution < -0.4 is 5.32 Å². The molecule has 0 fully saturated rings. The molecule has 0 unspecified atom stereocenters. The number of nitro benzene ring substituents is 1. The molecule has 1 aromatic rings. The molecule has 0 aliphatic heterocycles. The van der Waals surface area contributed by atoms with Crippen LogP contribution in [0.3, 0.4) is 0 Å². The van der Waals surface area contributed by atoms with Gasteiger partial charge in [0.1, 0.15) is 5.69 Å². The summed E-state index contributed by atoms with van der Waals surface area (Å²) in [6.07, 6.45) is 0. The van der Waals surface area contributed by atoms with E-state index in [4.69, 9.17) is 0 Å². The van der Waals surface area contributed by atoms with E-state index in [1.807, 2.05) is 13.8 Å². The quantitative estimate of drug-likeness (QED) is 0.653. The molecule has 0 aromatic heterocycles. The second-order valence-electron chi connectivity index (χ2n) is 3.82. The van der Waals surface area contributed by atoms with Crippen molar-refractivity contribution >= 4 is 43.2 Å². The fourth-order valence-electron chi connectivity index (χ4n) is 1.14. The normalized spacial score (nSPS) is 10.6. The highest BCUT2D eigenvalue weighted by molar-refractivity contribution is 9.13. The van der Waals surface area contributed by atoms with Crippen molar-refractivity contribution in [3.05, 3.63) is 31.2 Å². The third-order valence-corrected chi connectivity index (χ3v) is 3.78. The zero-order chi connectivity index (χ0) is 12.3. The van der Waals surface area contributed by atoms with Gasteiger partial charge in [-0.1, -0.05) is 13.8 Å². The summed E-state index contributed by atoms with van der Waals surface area (Å²) in [6, 6.07) is 3.21. The van der Waals surface area contributed by atoms with Crippen molar-refractivity contribution in [1.29, 1.82) is 0 Å². The number of anilines is 1. The summed E-state index contributed by atoms with van der Waals surface area (Å²) in [4.78, 5) is 10.5. The largest absolute Gasteiger partial charge is 0.379 e. The molecule has 0 heterocycles. The Morgan fingerprint density at radius 2 is 1.94 bits per heavy atom. The van der Waals surface area contributed by atoms with E-state index in [9.17, 15) is 10.1 Å². The molecule has 0 bridgehead atoms. The first-order valence-electron chi connectivity index (χ1n) is 4.79. The van der Waals surface area contributed by atoms with Gasteiger partial charge in [-0.25, -0.2) is 0 Å². The summed E-state index contributed by atoms with van der Waals surface area (Å²) < 4.78 is 1.47. The Morgan fingerprint density at radius 1 is 1.38 bits per heavy atom. The Labute approximate surface area is 111 Å². The number of hydrogen-bond acceptors (Lipinski definition) is 3. The van der Waals surface area contributed by atoms with Gasteiger partial charge >= 0.3 is 0 Å². The van der Waals surface area contributed by atoms with Gasteiger partial charge in [-0.05, 0) is 43.8 Å². The van der Waals surface area contributed by atoms with Gasteiger partial charge in [-0.2, -0.15) is 0 Å². The monoisotopic (exact) mass is 350 g/mol. The van der Waals surface area contributed by atoms with Crippen LogP contribution >= 0.6 is 31.9 Å². The minimum Gasteiger partial charge on any atom is -0.379 e. The van der Waals surface area contributed by atoms with Crippen molar-refractivity contribution in [3.63, 3.8) is 0 Å². The minimum atomic E-state index is -0.389. The fraction of sp³-hybridized carbons (Fsp3) is 0.400. The maximum absolute atomic E-state index is 10.9. The number of nitro groups is 1. The highest BCUT2D eigenvalue weighted by Crippen LogP contribution is 2.34. The van der Waals surface area contributed by atoms with Gasteiger partial charge < -0.3 is 5.32 Å². The van der Waals surface area contributed by atoms with E-state index in [2.05, 4.69) is 37.2 Å². The molecule has 6 heteroatoms. The van der Waals surface area contributed by atoms with Crippen LogP contribution in [0, 0.1) is 16.0 Å². The SMILES string of the molecule is CC(C)CNc1cc(Br)c(Br)cc1[N+](=O)[O-]. The van der Waals surface area contributed by atoms with E-state index < -0.39 is 0 Å². The first-order chi connectivity index (χ1) is 7.41. The first-order valence-corrected chi connectivity index (χ1v) is 6.37. The third kappa shape index (κ3) is 3.45. The molecule has 1 N–H and O–H groups in total. The predicted molar refractivity (Wildman–Crippen MR) is 71.8 cm³/mol. The Balaban J connectivity index is 3.05. The maximum atomic E-state index is 10.9. The van der Waals surface area contributed by atoms with Crippen LogP contribution in [0.15, 0.2) is 21.1 Å². The van der Waals surface area contributed by atoms with E-state index in [1.54, 1.807) is 6.07 Å². The van der Waals surface area contributed by atoms with Crippen molar-refractivity contribution in [2.24, 2.45) is 5.92 Å². The minimum absolute atomic E-state index is 0.0794. The number of rotatable bonds is 4. The van der Waals surface area contributed by atoms with Crippen molar-refractivity contribution < 1.29 is 4.92 Å². The third-order valence-electron chi connectivity index (χ3n) is 1.94. The standard InChI is InChI=1S/C10H12Br2N2O2/c1-6(2)5-13-9-3-7(11)8(12)4-10(9)14(15)16/h3-4,6,13H,5H2,1-2H3. The molecule has 0 aliphatic carbocycles. The summed E-state index contributed by atoms with van der Waals surface area (Å²) in [5, 5.41) is 13.9. The Bertz CT molecular complexity index is 408. The van der Waals surface area contributed by atoms with Crippen LogP contribution in [0.5, 0.6) is 0 Å². The molecule has 0 amide bonds. The summed E-state index contributed by atoms with van der Waals surface area (Å²) in [5.74, 6) is 0.432. The van der Waals surface area contributed by atoms with Crippen LogP contribution in [-0.4, -0.2) is 11.5 Å². The van der Waals surface area contributed by atoms with Crippen LogP contribution in [0.1, 0.15) is 13.8 Å². The van der Waals surface area contributed by atoms with Crippen molar-refractivity contribution in [3.8, 4) is 0 Å². The lowest BCUT2D eigenvalue weighted by atomic mass is 10.2. The van der Waals surface area contributed by atoms with E-state index in [0.29, 0.717) is 22.6 Å². The second kappa shape index (κ2) is 5.63. The number of nitrogens with zero attached hydrogens (tertiary/aromatic N) is 1.